The van der Waals surface area contributed by atoms with Crippen LogP contribution >= 0.6 is 0 Å². The second-order valence-electron chi connectivity index (χ2n) is 7.85. The highest BCUT2D eigenvalue weighted by molar-refractivity contribution is 7.93. The van der Waals surface area contributed by atoms with Crippen LogP contribution in [0.3, 0.4) is 0 Å². The van der Waals surface area contributed by atoms with Crippen LogP contribution < -0.4 is 14.9 Å². The lowest BCUT2D eigenvalue weighted by Crippen LogP contribution is -2.23. The van der Waals surface area contributed by atoms with Crippen molar-refractivity contribution in [1.29, 1.82) is 0 Å². The highest BCUT2D eigenvalue weighted by Gasteiger charge is 2.26. The van der Waals surface area contributed by atoms with E-state index in [1.807, 2.05) is 24.3 Å². The molecule has 0 radical (unpaired) electrons. The molecule has 2 aliphatic heterocycles. The summed E-state index contributed by atoms with van der Waals surface area (Å²) in [6.07, 6.45) is 4.92. The summed E-state index contributed by atoms with van der Waals surface area (Å²) in [6, 6.07) is 15.9. The Balaban J connectivity index is 1.44. The largest absolute Gasteiger partial charge is 0.372 e. The zero-order valence-corrected chi connectivity index (χ0v) is 17.3. The molecule has 3 aromatic carbocycles. The van der Waals surface area contributed by atoms with Crippen LogP contribution in [0.15, 0.2) is 59.5 Å². The van der Waals surface area contributed by atoms with Gasteiger partial charge in [-0.3, -0.25) is 9.52 Å². The van der Waals surface area contributed by atoms with E-state index < -0.39 is 10.0 Å². The fourth-order valence-corrected chi connectivity index (χ4v) is 5.64. The van der Waals surface area contributed by atoms with Crippen LogP contribution in [0.5, 0.6) is 0 Å². The van der Waals surface area contributed by atoms with Crippen LogP contribution in [0.1, 0.15) is 36.0 Å². The fourth-order valence-electron chi connectivity index (χ4n) is 4.38. The Kier molecular flexibility index (Phi) is 4.62. The number of amides is 1. The summed E-state index contributed by atoms with van der Waals surface area (Å²) >= 11 is 0. The first-order valence-electron chi connectivity index (χ1n) is 10.3. The number of carbonyl (C=O) groups excluding carboxylic acids is 1. The van der Waals surface area contributed by atoms with E-state index in [4.69, 9.17) is 0 Å². The summed E-state index contributed by atoms with van der Waals surface area (Å²) in [7, 11) is -3.81. The van der Waals surface area contributed by atoms with Crippen LogP contribution in [-0.4, -0.2) is 27.4 Å². The molecule has 1 fully saturated rings. The Labute approximate surface area is 175 Å². The molecule has 7 heteroatoms. The van der Waals surface area contributed by atoms with Gasteiger partial charge in [-0.2, -0.15) is 0 Å². The van der Waals surface area contributed by atoms with Gasteiger partial charge >= 0.3 is 0 Å². The van der Waals surface area contributed by atoms with E-state index in [-0.39, 0.29) is 10.8 Å². The van der Waals surface area contributed by atoms with Crippen molar-refractivity contribution in [3.8, 4) is 0 Å². The molecule has 5 rings (SSSR count). The van der Waals surface area contributed by atoms with Gasteiger partial charge in [0.05, 0.1) is 4.90 Å². The maximum Gasteiger partial charge on any atom is 0.262 e. The number of benzene rings is 3. The monoisotopic (exact) mass is 421 g/mol. The van der Waals surface area contributed by atoms with Gasteiger partial charge in [0, 0.05) is 46.5 Å². The SMILES string of the molecule is O=C1Nc2ccc(S(=O)(=O)Nc3ccc(N4CCCCCC4)cc3)c3cccc1c23. The summed E-state index contributed by atoms with van der Waals surface area (Å²) in [5.41, 5.74) is 2.79. The summed E-state index contributed by atoms with van der Waals surface area (Å²) < 4.78 is 29.0. The third kappa shape index (κ3) is 3.29. The van der Waals surface area contributed by atoms with Gasteiger partial charge in [0.2, 0.25) is 0 Å². The van der Waals surface area contributed by atoms with E-state index >= 15 is 0 Å². The maximum absolute atomic E-state index is 13.1. The van der Waals surface area contributed by atoms with Crippen molar-refractivity contribution >= 4 is 43.8 Å². The lowest BCUT2D eigenvalue weighted by Gasteiger charge is -2.23. The molecule has 2 N–H and O–H groups in total. The molecule has 0 aliphatic carbocycles. The molecule has 0 saturated carbocycles. The number of nitrogens with one attached hydrogen (secondary N) is 2. The first-order chi connectivity index (χ1) is 14.5. The van der Waals surface area contributed by atoms with Crippen molar-refractivity contribution in [3.05, 3.63) is 60.2 Å². The van der Waals surface area contributed by atoms with E-state index in [0.717, 1.165) is 18.8 Å². The fraction of sp³-hybridized carbons (Fsp3) is 0.261. The Hall–Kier alpha value is -3.06. The quantitative estimate of drug-likeness (QED) is 0.646. The maximum atomic E-state index is 13.1. The van der Waals surface area contributed by atoms with E-state index in [9.17, 15) is 13.2 Å². The van der Waals surface area contributed by atoms with Gasteiger partial charge < -0.3 is 10.2 Å². The number of sulfonamides is 1. The van der Waals surface area contributed by atoms with Crippen molar-refractivity contribution < 1.29 is 13.2 Å². The molecule has 154 valence electrons. The average molecular weight is 422 g/mol. The highest BCUT2D eigenvalue weighted by atomic mass is 32.2. The van der Waals surface area contributed by atoms with Crippen molar-refractivity contribution in [2.24, 2.45) is 0 Å². The highest BCUT2D eigenvalue weighted by Crippen LogP contribution is 2.37. The normalized spacial score (nSPS) is 16.4. The summed E-state index contributed by atoms with van der Waals surface area (Å²) in [5.74, 6) is -0.206. The molecule has 30 heavy (non-hydrogen) atoms. The van der Waals surface area contributed by atoms with Crippen molar-refractivity contribution in [2.45, 2.75) is 30.6 Å². The van der Waals surface area contributed by atoms with Crippen molar-refractivity contribution in [1.82, 2.24) is 0 Å². The minimum absolute atomic E-state index is 0.163. The lowest BCUT2D eigenvalue weighted by molar-refractivity contribution is 0.103. The van der Waals surface area contributed by atoms with Gasteiger partial charge in [-0.15, -0.1) is 0 Å². The molecule has 6 nitrogen and oxygen atoms in total. The van der Waals surface area contributed by atoms with Crippen molar-refractivity contribution in [3.63, 3.8) is 0 Å². The molecule has 1 amide bonds. The number of anilines is 3. The van der Waals surface area contributed by atoms with Gasteiger partial charge in [-0.25, -0.2) is 8.42 Å². The van der Waals surface area contributed by atoms with E-state index in [1.54, 1.807) is 30.3 Å². The van der Waals surface area contributed by atoms with E-state index in [0.29, 0.717) is 27.7 Å². The van der Waals surface area contributed by atoms with Crippen LogP contribution in [0.25, 0.3) is 10.8 Å². The molecule has 0 spiro atoms. The minimum Gasteiger partial charge on any atom is -0.372 e. The molecule has 0 bridgehead atoms. The number of rotatable bonds is 4. The molecule has 0 unspecified atom stereocenters. The number of hydrogen-bond donors (Lipinski definition) is 2. The topological polar surface area (TPSA) is 78.5 Å². The minimum atomic E-state index is -3.81. The molecular formula is C23H23N3O3S. The van der Waals surface area contributed by atoms with Crippen LogP contribution in [0.2, 0.25) is 0 Å². The van der Waals surface area contributed by atoms with Crippen LogP contribution in [0, 0.1) is 0 Å². The molecular weight excluding hydrogens is 398 g/mol. The Morgan fingerprint density at radius 2 is 1.60 bits per heavy atom. The Morgan fingerprint density at radius 1 is 0.867 bits per heavy atom. The average Bonchev–Trinajstić information content (AvgIpc) is 2.92. The van der Waals surface area contributed by atoms with Gasteiger partial charge in [0.15, 0.2) is 0 Å². The number of hydrogen-bond acceptors (Lipinski definition) is 4. The first-order valence-corrected chi connectivity index (χ1v) is 11.8. The second kappa shape index (κ2) is 7.32. The molecule has 3 aromatic rings. The van der Waals surface area contributed by atoms with Crippen molar-refractivity contribution in [2.75, 3.05) is 28.0 Å². The number of carbonyl (C=O) groups is 1. The molecule has 2 aliphatic rings. The molecule has 2 heterocycles. The summed E-state index contributed by atoms with van der Waals surface area (Å²) in [6.45, 7) is 2.08. The van der Waals surface area contributed by atoms with E-state index in [1.165, 1.54) is 25.7 Å². The van der Waals surface area contributed by atoms with Gasteiger partial charge in [-0.05, 0) is 55.3 Å². The Morgan fingerprint density at radius 3 is 2.33 bits per heavy atom. The zero-order valence-electron chi connectivity index (χ0n) is 16.5. The summed E-state index contributed by atoms with van der Waals surface area (Å²) in [5, 5.41) is 3.98. The zero-order chi connectivity index (χ0) is 20.7. The lowest BCUT2D eigenvalue weighted by atomic mass is 10.1. The standard InChI is InChI=1S/C23H23N3O3S/c27-23-19-7-5-6-18-21(13-12-20(24-23)22(18)19)30(28,29)25-16-8-10-17(11-9-16)26-14-3-1-2-4-15-26/h5-13,25H,1-4,14-15H2,(H,24,27). The third-order valence-corrected chi connectivity index (χ3v) is 7.31. The molecule has 0 atom stereocenters. The summed E-state index contributed by atoms with van der Waals surface area (Å²) in [4.78, 5) is 14.6. The van der Waals surface area contributed by atoms with E-state index in [2.05, 4.69) is 14.9 Å². The smallest absolute Gasteiger partial charge is 0.262 e. The van der Waals surface area contributed by atoms with Gasteiger partial charge in [-0.1, -0.05) is 25.0 Å². The molecule has 0 aromatic heterocycles. The molecule has 1 saturated heterocycles. The van der Waals surface area contributed by atoms with Gasteiger partial charge in [0.25, 0.3) is 15.9 Å². The Bertz CT molecular complexity index is 1230. The predicted molar refractivity (Wildman–Crippen MR) is 120 cm³/mol. The predicted octanol–water partition coefficient (Wildman–Crippen LogP) is 4.59. The van der Waals surface area contributed by atoms with Gasteiger partial charge in [0.1, 0.15) is 0 Å². The second-order valence-corrected chi connectivity index (χ2v) is 9.50. The number of nitrogens with zero attached hydrogens (tertiary/aromatic N) is 1. The third-order valence-electron chi connectivity index (χ3n) is 5.87. The first kappa shape index (κ1) is 18.9. The van der Waals surface area contributed by atoms with Crippen LogP contribution in [0.4, 0.5) is 17.1 Å². The van der Waals surface area contributed by atoms with Crippen LogP contribution in [-0.2, 0) is 10.0 Å².